The van der Waals surface area contributed by atoms with Crippen molar-refractivity contribution < 1.29 is 0 Å². The summed E-state index contributed by atoms with van der Waals surface area (Å²) in [5.74, 6) is 0. The molecule has 2 saturated carbocycles. The standard InChI is InChI=1S/C9H17N/c1-8(2-3-8)9(4-5-9)6-7-10/h2-7,10H2,1H3. The van der Waals surface area contributed by atoms with Gasteiger partial charge in [-0.1, -0.05) is 6.92 Å². The predicted octanol–water partition coefficient (Wildman–Crippen LogP) is 1.92. The smallest absolute Gasteiger partial charge is 0.00718 e. The van der Waals surface area contributed by atoms with E-state index in [0.29, 0.717) is 0 Å². The molecular formula is C9H17N. The Morgan fingerprint density at radius 1 is 1.20 bits per heavy atom. The van der Waals surface area contributed by atoms with Gasteiger partial charge in [-0.3, -0.25) is 0 Å². The summed E-state index contributed by atoms with van der Waals surface area (Å²) in [7, 11) is 0. The van der Waals surface area contributed by atoms with Gasteiger partial charge in [0.1, 0.15) is 0 Å². The Labute approximate surface area is 63.0 Å². The molecule has 2 aliphatic carbocycles. The van der Waals surface area contributed by atoms with Gasteiger partial charge in [0.2, 0.25) is 0 Å². The van der Waals surface area contributed by atoms with E-state index in [1.54, 1.807) is 0 Å². The van der Waals surface area contributed by atoms with Crippen LogP contribution in [-0.2, 0) is 0 Å². The molecule has 0 aromatic rings. The minimum absolute atomic E-state index is 0.724. The summed E-state index contributed by atoms with van der Waals surface area (Å²) in [4.78, 5) is 0. The second-order valence-electron chi connectivity index (χ2n) is 4.38. The maximum atomic E-state index is 5.58. The van der Waals surface area contributed by atoms with Crippen LogP contribution >= 0.6 is 0 Å². The zero-order chi connectivity index (χ0) is 7.24. The van der Waals surface area contributed by atoms with Crippen LogP contribution in [-0.4, -0.2) is 6.54 Å². The molecule has 0 heterocycles. The average molecular weight is 139 g/mol. The van der Waals surface area contributed by atoms with E-state index in [9.17, 15) is 0 Å². The molecule has 0 atom stereocenters. The molecule has 0 aliphatic heterocycles. The summed E-state index contributed by atoms with van der Waals surface area (Å²) in [5, 5.41) is 0. The third-order valence-corrected chi connectivity index (χ3v) is 3.76. The fraction of sp³-hybridized carbons (Fsp3) is 1.00. The normalized spacial score (nSPS) is 31.8. The molecular weight excluding hydrogens is 122 g/mol. The highest BCUT2D eigenvalue weighted by molar-refractivity contribution is 5.11. The van der Waals surface area contributed by atoms with Gasteiger partial charge in [-0.05, 0) is 49.5 Å². The van der Waals surface area contributed by atoms with Gasteiger partial charge in [-0.2, -0.15) is 0 Å². The van der Waals surface area contributed by atoms with Crippen molar-refractivity contribution in [3.63, 3.8) is 0 Å². The van der Waals surface area contributed by atoms with Crippen molar-refractivity contribution in [1.82, 2.24) is 0 Å². The highest BCUT2D eigenvalue weighted by Crippen LogP contribution is 2.71. The largest absolute Gasteiger partial charge is 0.330 e. The maximum absolute atomic E-state index is 5.58. The molecule has 0 spiro atoms. The quantitative estimate of drug-likeness (QED) is 0.635. The van der Waals surface area contributed by atoms with Gasteiger partial charge in [0.15, 0.2) is 0 Å². The van der Waals surface area contributed by atoms with Crippen LogP contribution in [0, 0.1) is 10.8 Å². The predicted molar refractivity (Wildman–Crippen MR) is 42.7 cm³/mol. The Morgan fingerprint density at radius 3 is 2.10 bits per heavy atom. The van der Waals surface area contributed by atoms with E-state index in [0.717, 1.165) is 17.4 Å². The van der Waals surface area contributed by atoms with Crippen molar-refractivity contribution in [1.29, 1.82) is 0 Å². The molecule has 10 heavy (non-hydrogen) atoms. The first-order chi connectivity index (χ1) is 4.72. The molecule has 0 radical (unpaired) electrons. The van der Waals surface area contributed by atoms with Crippen LogP contribution in [0.1, 0.15) is 39.0 Å². The van der Waals surface area contributed by atoms with E-state index in [-0.39, 0.29) is 0 Å². The fourth-order valence-corrected chi connectivity index (χ4v) is 2.30. The molecule has 1 heteroatoms. The third-order valence-electron chi connectivity index (χ3n) is 3.76. The van der Waals surface area contributed by atoms with Crippen LogP contribution < -0.4 is 5.73 Å². The lowest BCUT2D eigenvalue weighted by Crippen LogP contribution is -2.18. The summed E-state index contributed by atoms with van der Waals surface area (Å²) in [5.41, 5.74) is 7.03. The first kappa shape index (κ1) is 6.66. The van der Waals surface area contributed by atoms with Crippen LogP contribution in [0.25, 0.3) is 0 Å². The Kier molecular flexibility index (Phi) is 1.17. The minimum atomic E-state index is 0.724. The molecule has 0 amide bonds. The summed E-state index contributed by atoms with van der Waals surface area (Å²) in [6, 6.07) is 0. The zero-order valence-electron chi connectivity index (χ0n) is 6.82. The number of rotatable bonds is 3. The van der Waals surface area contributed by atoms with Crippen molar-refractivity contribution in [2.75, 3.05) is 6.54 Å². The molecule has 2 fully saturated rings. The molecule has 1 nitrogen and oxygen atoms in total. The van der Waals surface area contributed by atoms with Crippen molar-refractivity contribution in [3.8, 4) is 0 Å². The highest BCUT2D eigenvalue weighted by Gasteiger charge is 2.61. The molecule has 58 valence electrons. The van der Waals surface area contributed by atoms with Crippen molar-refractivity contribution in [3.05, 3.63) is 0 Å². The second-order valence-corrected chi connectivity index (χ2v) is 4.38. The molecule has 0 aromatic carbocycles. The number of nitrogens with two attached hydrogens (primary N) is 1. The van der Waals surface area contributed by atoms with E-state index >= 15 is 0 Å². The summed E-state index contributed by atoms with van der Waals surface area (Å²) < 4.78 is 0. The van der Waals surface area contributed by atoms with E-state index in [2.05, 4.69) is 6.92 Å². The Bertz CT molecular complexity index is 143. The lowest BCUT2D eigenvalue weighted by Gasteiger charge is -2.21. The van der Waals surface area contributed by atoms with Crippen LogP contribution in [0.5, 0.6) is 0 Å². The Morgan fingerprint density at radius 2 is 1.80 bits per heavy atom. The van der Waals surface area contributed by atoms with Gasteiger partial charge in [0.05, 0.1) is 0 Å². The van der Waals surface area contributed by atoms with Crippen LogP contribution in [0.2, 0.25) is 0 Å². The van der Waals surface area contributed by atoms with Crippen molar-refractivity contribution >= 4 is 0 Å². The second kappa shape index (κ2) is 1.76. The number of hydrogen-bond acceptors (Lipinski definition) is 1. The van der Waals surface area contributed by atoms with Gasteiger partial charge in [0, 0.05) is 0 Å². The maximum Gasteiger partial charge on any atom is -0.00718 e. The van der Waals surface area contributed by atoms with Crippen molar-refractivity contribution in [2.45, 2.75) is 39.0 Å². The van der Waals surface area contributed by atoms with Gasteiger partial charge in [0.25, 0.3) is 0 Å². The summed E-state index contributed by atoms with van der Waals surface area (Å²) >= 11 is 0. The van der Waals surface area contributed by atoms with Crippen LogP contribution in [0.3, 0.4) is 0 Å². The third kappa shape index (κ3) is 0.731. The highest BCUT2D eigenvalue weighted by atomic mass is 14.7. The molecule has 2 aliphatic rings. The lowest BCUT2D eigenvalue weighted by molar-refractivity contribution is 0.290. The van der Waals surface area contributed by atoms with Gasteiger partial charge < -0.3 is 5.73 Å². The molecule has 0 aromatic heterocycles. The van der Waals surface area contributed by atoms with Gasteiger partial charge in [-0.25, -0.2) is 0 Å². The van der Waals surface area contributed by atoms with E-state index in [1.165, 1.54) is 32.1 Å². The van der Waals surface area contributed by atoms with E-state index < -0.39 is 0 Å². The number of hydrogen-bond donors (Lipinski definition) is 1. The van der Waals surface area contributed by atoms with Gasteiger partial charge >= 0.3 is 0 Å². The van der Waals surface area contributed by atoms with E-state index in [4.69, 9.17) is 5.73 Å². The van der Waals surface area contributed by atoms with Gasteiger partial charge in [-0.15, -0.1) is 0 Å². The van der Waals surface area contributed by atoms with Crippen LogP contribution in [0.15, 0.2) is 0 Å². The SMILES string of the molecule is CC1(C2(CCN)CC2)CC1. The first-order valence-electron chi connectivity index (χ1n) is 4.43. The Balaban J connectivity index is 2.01. The monoisotopic (exact) mass is 139 g/mol. The lowest BCUT2D eigenvalue weighted by atomic mass is 9.84. The molecule has 2 rings (SSSR count). The van der Waals surface area contributed by atoms with Crippen LogP contribution in [0.4, 0.5) is 0 Å². The first-order valence-corrected chi connectivity index (χ1v) is 4.43. The summed E-state index contributed by atoms with van der Waals surface area (Å²) in [6.45, 7) is 3.34. The molecule has 0 saturated heterocycles. The van der Waals surface area contributed by atoms with E-state index in [1.807, 2.05) is 0 Å². The van der Waals surface area contributed by atoms with Crippen molar-refractivity contribution in [2.24, 2.45) is 16.6 Å². The molecule has 0 unspecified atom stereocenters. The molecule has 2 N–H and O–H groups in total. The topological polar surface area (TPSA) is 26.0 Å². The fourth-order valence-electron chi connectivity index (χ4n) is 2.30. The minimum Gasteiger partial charge on any atom is -0.330 e. The zero-order valence-corrected chi connectivity index (χ0v) is 6.82. The molecule has 0 bridgehead atoms. The summed E-state index contributed by atoms with van der Waals surface area (Å²) in [6.07, 6.45) is 7.13. The Hall–Kier alpha value is -0.0400. The average Bonchev–Trinajstić information content (AvgIpc) is 2.69.